The van der Waals surface area contributed by atoms with E-state index in [0.717, 1.165) is 5.56 Å². The van der Waals surface area contributed by atoms with Crippen molar-refractivity contribution in [3.05, 3.63) is 29.8 Å². The number of amides is 3. The zero-order valence-electron chi connectivity index (χ0n) is 10.3. The van der Waals surface area contributed by atoms with Crippen LogP contribution in [0, 0.1) is 5.92 Å². The van der Waals surface area contributed by atoms with Crippen LogP contribution in [-0.2, 0) is 11.3 Å². The maximum atomic E-state index is 11.5. The monoisotopic (exact) mass is 250 g/mol. The molecule has 1 unspecified atom stereocenters. The van der Waals surface area contributed by atoms with E-state index in [-0.39, 0.29) is 11.8 Å². The first-order valence-corrected chi connectivity index (χ1v) is 5.66. The van der Waals surface area contributed by atoms with E-state index in [1.54, 1.807) is 25.1 Å². The highest BCUT2D eigenvalue weighted by molar-refractivity contribution is 5.87. The van der Waals surface area contributed by atoms with Crippen molar-refractivity contribution in [1.29, 1.82) is 0 Å². The van der Waals surface area contributed by atoms with Crippen molar-refractivity contribution in [2.45, 2.75) is 13.5 Å². The number of hydrogen-bond donors (Lipinski definition) is 4. The minimum absolute atomic E-state index is 0.0919. The van der Waals surface area contributed by atoms with E-state index in [2.05, 4.69) is 10.6 Å². The molecule has 0 spiro atoms. The Morgan fingerprint density at radius 3 is 2.72 bits per heavy atom. The van der Waals surface area contributed by atoms with Gasteiger partial charge in [0.15, 0.2) is 0 Å². The molecule has 6 nitrogen and oxygen atoms in total. The van der Waals surface area contributed by atoms with Crippen molar-refractivity contribution in [1.82, 2.24) is 5.32 Å². The van der Waals surface area contributed by atoms with E-state index < -0.39 is 6.03 Å². The molecule has 0 aliphatic rings. The first-order valence-electron chi connectivity index (χ1n) is 5.66. The van der Waals surface area contributed by atoms with Crippen molar-refractivity contribution < 1.29 is 9.59 Å². The average Bonchev–Trinajstić information content (AvgIpc) is 2.34. The molecule has 18 heavy (non-hydrogen) atoms. The molecule has 0 aromatic heterocycles. The van der Waals surface area contributed by atoms with Gasteiger partial charge in [0, 0.05) is 24.7 Å². The standard InChI is InChI=1S/C12H18N4O2/c1-8(6-13)11(17)15-7-9-3-2-4-10(5-9)16-12(14)18/h2-5,8H,6-7,13H2,1H3,(H,15,17)(H3,14,16,18). The van der Waals surface area contributed by atoms with Gasteiger partial charge in [-0.25, -0.2) is 4.79 Å². The zero-order valence-corrected chi connectivity index (χ0v) is 10.3. The van der Waals surface area contributed by atoms with Crippen molar-refractivity contribution >= 4 is 17.6 Å². The summed E-state index contributed by atoms with van der Waals surface area (Å²) in [5, 5.41) is 5.24. The third kappa shape index (κ3) is 4.42. The summed E-state index contributed by atoms with van der Waals surface area (Å²) in [5.41, 5.74) is 11.9. The molecule has 1 aromatic rings. The van der Waals surface area contributed by atoms with Crippen LogP contribution in [0.2, 0.25) is 0 Å². The quantitative estimate of drug-likeness (QED) is 0.606. The highest BCUT2D eigenvalue weighted by Crippen LogP contribution is 2.10. The number of nitrogens with two attached hydrogens (primary N) is 2. The van der Waals surface area contributed by atoms with E-state index in [1.807, 2.05) is 6.07 Å². The number of benzene rings is 1. The minimum Gasteiger partial charge on any atom is -0.352 e. The average molecular weight is 250 g/mol. The second kappa shape index (κ2) is 6.61. The number of nitrogens with one attached hydrogen (secondary N) is 2. The normalized spacial score (nSPS) is 11.7. The SMILES string of the molecule is CC(CN)C(=O)NCc1cccc(NC(N)=O)c1. The third-order valence-electron chi connectivity index (χ3n) is 2.46. The summed E-state index contributed by atoms with van der Waals surface area (Å²) in [6.45, 7) is 2.47. The number of urea groups is 1. The number of hydrogen-bond acceptors (Lipinski definition) is 3. The maximum absolute atomic E-state index is 11.5. The van der Waals surface area contributed by atoms with E-state index in [4.69, 9.17) is 11.5 Å². The summed E-state index contributed by atoms with van der Waals surface area (Å²) in [5.74, 6) is -0.303. The van der Waals surface area contributed by atoms with E-state index >= 15 is 0 Å². The van der Waals surface area contributed by atoms with Crippen LogP contribution in [0.1, 0.15) is 12.5 Å². The molecule has 98 valence electrons. The molecule has 6 heteroatoms. The number of anilines is 1. The number of primary amides is 1. The van der Waals surface area contributed by atoms with E-state index in [1.165, 1.54) is 0 Å². The van der Waals surface area contributed by atoms with Gasteiger partial charge >= 0.3 is 6.03 Å². The molecule has 1 rings (SSSR count). The second-order valence-electron chi connectivity index (χ2n) is 4.04. The molecule has 0 saturated heterocycles. The minimum atomic E-state index is -0.618. The van der Waals surface area contributed by atoms with Crippen molar-refractivity contribution in [3.63, 3.8) is 0 Å². The van der Waals surface area contributed by atoms with Gasteiger partial charge in [-0.2, -0.15) is 0 Å². The molecule has 0 bridgehead atoms. The lowest BCUT2D eigenvalue weighted by molar-refractivity contribution is -0.124. The van der Waals surface area contributed by atoms with Gasteiger partial charge < -0.3 is 22.1 Å². The van der Waals surface area contributed by atoms with Crippen molar-refractivity contribution in [2.75, 3.05) is 11.9 Å². The molecule has 0 heterocycles. The smallest absolute Gasteiger partial charge is 0.316 e. The Kier molecular flexibility index (Phi) is 5.13. The van der Waals surface area contributed by atoms with E-state index in [0.29, 0.717) is 18.8 Å². The molecule has 0 radical (unpaired) electrons. The first-order chi connectivity index (χ1) is 8.52. The van der Waals surface area contributed by atoms with Crippen LogP contribution in [0.4, 0.5) is 10.5 Å². The van der Waals surface area contributed by atoms with Crippen LogP contribution in [-0.4, -0.2) is 18.5 Å². The topological polar surface area (TPSA) is 110 Å². The van der Waals surface area contributed by atoms with Gasteiger partial charge in [0.25, 0.3) is 0 Å². The Hall–Kier alpha value is -2.08. The predicted molar refractivity (Wildman–Crippen MR) is 69.7 cm³/mol. The summed E-state index contributed by atoms with van der Waals surface area (Å²) in [7, 11) is 0. The molecule has 1 aromatic carbocycles. The fraction of sp³-hybridized carbons (Fsp3) is 0.333. The zero-order chi connectivity index (χ0) is 13.5. The molecule has 6 N–H and O–H groups in total. The summed E-state index contributed by atoms with van der Waals surface area (Å²) in [6.07, 6.45) is 0. The molecular weight excluding hydrogens is 232 g/mol. The van der Waals surface area contributed by atoms with Crippen LogP contribution in [0.3, 0.4) is 0 Å². The molecule has 3 amide bonds. The van der Waals surface area contributed by atoms with Crippen LogP contribution in [0.25, 0.3) is 0 Å². The molecular formula is C12H18N4O2. The van der Waals surface area contributed by atoms with Crippen molar-refractivity contribution in [3.8, 4) is 0 Å². The number of carbonyl (C=O) groups is 2. The van der Waals surface area contributed by atoms with Crippen molar-refractivity contribution in [2.24, 2.45) is 17.4 Å². The molecule has 0 aliphatic carbocycles. The van der Waals surface area contributed by atoms with Gasteiger partial charge in [-0.15, -0.1) is 0 Å². The summed E-state index contributed by atoms with van der Waals surface area (Å²) < 4.78 is 0. The van der Waals surface area contributed by atoms with Gasteiger partial charge in [0.1, 0.15) is 0 Å². The Labute approximate surface area is 106 Å². The Balaban J connectivity index is 2.57. The molecule has 0 fully saturated rings. The first kappa shape index (κ1) is 14.0. The van der Waals surface area contributed by atoms with Crippen LogP contribution in [0.15, 0.2) is 24.3 Å². The largest absolute Gasteiger partial charge is 0.352 e. The second-order valence-corrected chi connectivity index (χ2v) is 4.04. The molecule has 0 saturated carbocycles. The summed E-state index contributed by atoms with van der Waals surface area (Å²) in [6, 6.07) is 6.48. The fourth-order valence-corrected chi connectivity index (χ4v) is 1.37. The Bertz CT molecular complexity index is 434. The summed E-state index contributed by atoms with van der Waals surface area (Å²) in [4.78, 5) is 22.2. The lowest BCUT2D eigenvalue weighted by atomic mass is 10.1. The lowest BCUT2D eigenvalue weighted by Gasteiger charge is -2.10. The number of rotatable bonds is 5. The fourth-order valence-electron chi connectivity index (χ4n) is 1.37. The van der Waals surface area contributed by atoms with Gasteiger partial charge in [0.05, 0.1) is 0 Å². The Morgan fingerprint density at radius 1 is 1.39 bits per heavy atom. The maximum Gasteiger partial charge on any atom is 0.316 e. The van der Waals surface area contributed by atoms with Gasteiger partial charge in [0.2, 0.25) is 5.91 Å². The van der Waals surface area contributed by atoms with Gasteiger partial charge in [-0.1, -0.05) is 19.1 Å². The third-order valence-corrected chi connectivity index (χ3v) is 2.46. The highest BCUT2D eigenvalue weighted by atomic mass is 16.2. The molecule has 1 atom stereocenters. The van der Waals surface area contributed by atoms with Gasteiger partial charge in [-0.05, 0) is 17.7 Å². The lowest BCUT2D eigenvalue weighted by Crippen LogP contribution is -2.32. The Morgan fingerprint density at radius 2 is 2.11 bits per heavy atom. The van der Waals surface area contributed by atoms with Crippen LogP contribution >= 0.6 is 0 Å². The molecule has 0 aliphatic heterocycles. The van der Waals surface area contributed by atoms with Gasteiger partial charge in [-0.3, -0.25) is 4.79 Å². The van der Waals surface area contributed by atoms with E-state index in [9.17, 15) is 9.59 Å². The highest BCUT2D eigenvalue weighted by Gasteiger charge is 2.09. The number of carbonyl (C=O) groups excluding carboxylic acids is 2. The van der Waals surface area contributed by atoms with Crippen LogP contribution < -0.4 is 22.1 Å². The predicted octanol–water partition coefficient (Wildman–Crippen LogP) is 0.388. The summed E-state index contributed by atoms with van der Waals surface area (Å²) >= 11 is 0. The van der Waals surface area contributed by atoms with Crippen LogP contribution in [0.5, 0.6) is 0 Å².